The third kappa shape index (κ3) is 5.17. The number of rotatable bonds is 7. The molecular formula is C14H20N2O4. The van der Waals surface area contributed by atoms with Gasteiger partial charge < -0.3 is 20.1 Å². The average molecular weight is 280 g/mol. The van der Waals surface area contributed by atoms with E-state index in [0.717, 1.165) is 11.4 Å². The van der Waals surface area contributed by atoms with Crippen molar-refractivity contribution in [2.45, 2.75) is 19.9 Å². The summed E-state index contributed by atoms with van der Waals surface area (Å²) in [6.45, 7) is 4.13. The first-order valence-corrected chi connectivity index (χ1v) is 6.38. The van der Waals surface area contributed by atoms with Crippen LogP contribution in [-0.2, 0) is 14.3 Å². The highest BCUT2D eigenvalue weighted by atomic mass is 16.5. The molecule has 0 aliphatic rings. The van der Waals surface area contributed by atoms with Crippen molar-refractivity contribution in [1.82, 2.24) is 5.32 Å². The third-order valence-electron chi connectivity index (χ3n) is 2.54. The van der Waals surface area contributed by atoms with Crippen molar-refractivity contribution in [3.8, 4) is 5.75 Å². The summed E-state index contributed by atoms with van der Waals surface area (Å²) in [4.78, 5) is 22.6. The van der Waals surface area contributed by atoms with E-state index >= 15 is 0 Å². The van der Waals surface area contributed by atoms with Gasteiger partial charge in [-0.1, -0.05) is 0 Å². The van der Waals surface area contributed by atoms with Gasteiger partial charge in [0.1, 0.15) is 11.8 Å². The van der Waals surface area contributed by atoms with E-state index in [2.05, 4.69) is 15.4 Å². The van der Waals surface area contributed by atoms with Crippen molar-refractivity contribution < 1.29 is 19.1 Å². The van der Waals surface area contributed by atoms with E-state index in [9.17, 15) is 9.59 Å². The summed E-state index contributed by atoms with van der Waals surface area (Å²) in [5.41, 5.74) is 0.827. The molecule has 0 saturated heterocycles. The quantitative estimate of drug-likeness (QED) is 0.733. The molecule has 1 rings (SSSR count). The second-order valence-electron chi connectivity index (χ2n) is 4.11. The first-order chi connectivity index (χ1) is 9.56. The molecule has 6 nitrogen and oxygen atoms in total. The Hall–Kier alpha value is -2.24. The smallest absolute Gasteiger partial charge is 0.330 e. The second-order valence-corrected chi connectivity index (χ2v) is 4.11. The molecule has 110 valence electrons. The van der Waals surface area contributed by atoms with Crippen molar-refractivity contribution >= 4 is 17.6 Å². The normalized spacial score (nSPS) is 11.3. The third-order valence-corrected chi connectivity index (χ3v) is 2.54. The summed E-state index contributed by atoms with van der Waals surface area (Å²) in [6.07, 6.45) is 0. The van der Waals surface area contributed by atoms with Crippen LogP contribution in [0, 0.1) is 0 Å². The van der Waals surface area contributed by atoms with E-state index in [0.29, 0.717) is 6.61 Å². The predicted molar refractivity (Wildman–Crippen MR) is 75.7 cm³/mol. The summed E-state index contributed by atoms with van der Waals surface area (Å²) in [6, 6.07) is 6.62. The molecule has 0 heterocycles. The minimum atomic E-state index is -0.718. The standard InChI is InChI=1S/C14H20N2O4/c1-4-20-12-7-5-11(6-8-12)15-9-13(14(18)19-3)16-10(2)17/h5-8,13,15H,4,9H2,1-3H3,(H,16,17). The van der Waals surface area contributed by atoms with Crippen LogP contribution in [0.3, 0.4) is 0 Å². The molecule has 0 fully saturated rings. The predicted octanol–water partition coefficient (Wildman–Crippen LogP) is 1.17. The lowest BCUT2D eigenvalue weighted by atomic mass is 10.2. The van der Waals surface area contributed by atoms with E-state index in [1.807, 2.05) is 31.2 Å². The minimum absolute atomic E-state index is 0.250. The molecule has 1 aromatic rings. The first-order valence-electron chi connectivity index (χ1n) is 6.38. The number of amides is 1. The van der Waals surface area contributed by atoms with Gasteiger partial charge in [0.25, 0.3) is 0 Å². The topological polar surface area (TPSA) is 76.7 Å². The van der Waals surface area contributed by atoms with Gasteiger partial charge in [0.2, 0.25) is 5.91 Å². The van der Waals surface area contributed by atoms with Gasteiger partial charge in [0.05, 0.1) is 13.7 Å². The van der Waals surface area contributed by atoms with Crippen LogP contribution in [0.4, 0.5) is 5.69 Å². The Labute approximate surface area is 118 Å². The first kappa shape index (κ1) is 15.8. The molecule has 2 N–H and O–H groups in total. The van der Waals surface area contributed by atoms with Gasteiger partial charge in [-0.25, -0.2) is 4.79 Å². The van der Waals surface area contributed by atoms with E-state index in [4.69, 9.17) is 4.74 Å². The molecule has 0 aliphatic carbocycles. The van der Waals surface area contributed by atoms with Crippen LogP contribution in [0.5, 0.6) is 5.75 Å². The number of benzene rings is 1. The molecule has 0 saturated carbocycles. The Bertz CT molecular complexity index is 445. The van der Waals surface area contributed by atoms with Crippen LogP contribution < -0.4 is 15.4 Å². The SMILES string of the molecule is CCOc1ccc(NCC(NC(C)=O)C(=O)OC)cc1. The fourth-order valence-corrected chi connectivity index (χ4v) is 1.64. The van der Waals surface area contributed by atoms with Gasteiger partial charge in [-0.2, -0.15) is 0 Å². The zero-order valence-corrected chi connectivity index (χ0v) is 11.9. The van der Waals surface area contributed by atoms with Gasteiger partial charge in [-0.15, -0.1) is 0 Å². The lowest BCUT2D eigenvalue weighted by molar-refractivity contribution is -0.144. The van der Waals surface area contributed by atoms with E-state index in [-0.39, 0.29) is 12.5 Å². The minimum Gasteiger partial charge on any atom is -0.494 e. The monoisotopic (exact) mass is 280 g/mol. The van der Waals surface area contributed by atoms with E-state index < -0.39 is 12.0 Å². The molecule has 0 aromatic heterocycles. The summed E-state index contributed by atoms with van der Waals surface area (Å²) >= 11 is 0. The summed E-state index contributed by atoms with van der Waals surface area (Å²) in [7, 11) is 1.29. The Morgan fingerprint density at radius 3 is 2.40 bits per heavy atom. The van der Waals surface area contributed by atoms with Gasteiger partial charge >= 0.3 is 5.97 Å². The lowest BCUT2D eigenvalue weighted by Crippen LogP contribution is -2.45. The molecule has 0 spiro atoms. The van der Waals surface area contributed by atoms with Crippen LogP contribution in [0.1, 0.15) is 13.8 Å². The highest BCUT2D eigenvalue weighted by molar-refractivity contribution is 5.83. The van der Waals surface area contributed by atoms with Crippen LogP contribution in [0.25, 0.3) is 0 Å². The molecule has 1 aromatic carbocycles. The average Bonchev–Trinajstić information content (AvgIpc) is 2.44. The highest BCUT2D eigenvalue weighted by Crippen LogP contribution is 2.15. The van der Waals surface area contributed by atoms with Gasteiger partial charge in [-0.05, 0) is 31.2 Å². The van der Waals surface area contributed by atoms with Gasteiger partial charge in [0, 0.05) is 19.2 Å². The summed E-state index contributed by atoms with van der Waals surface area (Å²) < 4.78 is 9.97. The van der Waals surface area contributed by atoms with Crippen LogP contribution in [0.15, 0.2) is 24.3 Å². The number of carbonyl (C=O) groups excluding carboxylic acids is 2. The van der Waals surface area contributed by atoms with Crippen molar-refractivity contribution in [2.24, 2.45) is 0 Å². The Kier molecular flexibility index (Phi) is 6.36. The second kappa shape index (κ2) is 8.04. The number of hydrogen-bond donors (Lipinski definition) is 2. The fourth-order valence-electron chi connectivity index (χ4n) is 1.64. The molecule has 1 amide bonds. The molecule has 0 aliphatic heterocycles. The van der Waals surface area contributed by atoms with Crippen LogP contribution in [0.2, 0.25) is 0 Å². The number of anilines is 1. The molecule has 1 unspecified atom stereocenters. The van der Waals surface area contributed by atoms with Crippen molar-refractivity contribution in [2.75, 3.05) is 25.6 Å². The zero-order valence-electron chi connectivity index (χ0n) is 11.9. The maximum atomic E-state index is 11.5. The lowest BCUT2D eigenvalue weighted by Gasteiger charge is -2.17. The maximum Gasteiger partial charge on any atom is 0.330 e. The van der Waals surface area contributed by atoms with Gasteiger partial charge in [-0.3, -0.25) is 4.79 Å². The van der Waals surface area contributed by atoms with Crippen molar-refractivity contribution in [3.63, 3.8) is 0 Å². The number of esters is 1. The molecule has 0 radical (unpaired) electrons. The van der Waals surface area contributed by atoms with E-state index in [1.165, 1.54) is 14.0 Å². The number of methoxy groups -OCH3 is 1. The fraction of sp³-hybridized carbons (Fsp3) is 0.429. The zero-order chi connectivity index (χ0) is 15.0. The molecule has 6 heteroatoms. The Balaban J connectivity index is 2.57. The van der Waals surface area contributed by atoms with E-state index in [1.54, 1.807) is 0 Å². The highest BCUT2D eigenvalue weighted by Gasteiger charge is 2.19. The van der Waals surface area contributed by atoms with Crippen molar-refractivity contribution in [1.29, 1.82) is 0 Å². The molecular weight excluding hydrogens is 260 g/mol. The Morgan fingerprint density at radius 2 is 1.90 bits per heavy atom. The van der Waals surface area contributed by atoms with Gasteiger partial charge in [0.15, 0.2) is 0 Å². The maximum absolute atomic E-state index is 11.5. The number of nitrogens with one attached hydrogen (secondary N) is 2. The van der Waals surface area contributed by atoms with Crippen LogP contribution >= 0.6 is 0 Å². The van der Waals surface area contributed by atoms with Crippen LogP contribution in [-0.4, -0.2) is 38.2 Å². The number of carbonyl (C=O) groups is 2. The number of hydrogen-bond acceptors (Lipinski definition) is 5. The largest absolute Gasteiger partial charge is 0.494 e. The summed E-state index contributed by atoms with van der Waals surface area (Å²) in [5, 5.41) is 5.60. The molecule has 0 bridgehead atoms. The Morgan fingerprint density at radius 1 is 1.25 bits per heavy atom. The molecule has 20 heavy (non-hydrogen) atoms. The number of ether oxygens (including phenoxy) is 2. The summed E-state index contributed by atoms with van der Waals surface area (Å²) in [5.74, 6) is 0.0111. The molecule has 1 atom stereocenters. The van der Waals surface area contributed by atoms with Crippen molar-refractivity contribution in [3.05, 3.63) is 24.3 Å².